The summed E-state index contributed by atoms with van der Waals surface area (Å²) in [5.74, 6) is 0.0765. The van der Waals surface area contributed by atoms with Crippen molar-refractivity contribution in [3.63, 3.8) is 0 Å². The summed E-state index contributed by atoms with van der Waals surface area (Å²) in [6, 6.07) is 1.23. The Kier molecular flexibility index (Phi) is 3.76. The van der Waals surface area contributed by atoms with Crippen LogP contribution in [0.15, 0.2) is 27.1 Å². The molecule has 2 heterocycles. The topological polar surface area (TPSA) is 98.0 Å². The molecule has 0 saturated carbocycles. The number of nitrogen functional groups attached to an aromatic ring is 1. The highest BCUT2D eigenvalue weighted by atomic mass is 79.9. The van der Waals surface area contributed by atoms with Crippen LogP contribution in [0.2, 0.25) is 5.02 Å². The Morgan fingerprint density at radius 3 is 2.67 bits per heavy atom. The highest BCUT2D eigenvalue weighted by Crippen LogP contribution is 2.26. The lowest BCUT2D eigenvalue weighted by atomic mass is 10.5. The maximum atomic E-state index is 12.0. The number of hydrogen-bond donors (Lipinski definition) is 2. The van der Waals surface area contributed by atoms with Gasteiger partial charge in [0.25, 0.3) is 10.0 Å². The van der Waals surface area contributed by atoms with E-state index in [4.69, 9.17) is 17.3 Å². The van der Waals surface area contributed by atoms with Crippen molar-refractivity contribution in [3.05, 3.63) is 27.3 Å². The minimum Gasteiger partial charge on any atom is -0.382 e. The average Bonchev–Trinajstić information content (AvgIpc) is 2.67. The summed E-state index contributed by atoms with van der Waals surface area (Å²) in [5, 5.41) is 0.327. The number of thiazole rings is 1. The molecule has 2 aromatic rings. The molecule has 0 radical (unpaired) electrons. The fraction of sp³-hybridized carbons (Fsp3) is 0. The molecule has 0 bridgehead atoms. The molecule has 0 aromatic carbocycles. The second kappa shape index (κ2) is 5.00. The van der Waals surface area contributed by atoms with Crippen molar-refractivity contribution in [1.82, 2.24) is 9.97 Å². The molecular weight excluding hydrogens is 364 g/mol. The maximum Gasteiger partial charge on any atom is 0.265 e. The van der Waals surface area contributed by atoms with Gasteiger partial charge in [-0.05, 0) is 22.0 Å². The van der Waals surface area contributed by atoms with Gasteiger partial charge in [0.05, 0.1) is 15.0 Å². The summed E-state index contributed by atoms with van der Waals surface area (Å²) < 4.78 is 27.0. The Balaban J connectivity index is 2.33. The predicted molar refractivity (Wildman–Crippen MR) is 74.3 cm³/mol. The summed E-state index contributed by atoms with van der Waals surface area (Å²) in [5.41, 5.74) is 5.41. The SMILES string of the molecule is Nc1ncc(S(=O)(=O)Nc2ncc(Br)s2)cc1Cl. The first kappa shape index (κ1) is 13.5. The molecule has 0 spiro atoms. The van der Waals surface area contributed by atoms with Gasteiger partial charge in [0, 0.05) is 6.20 Å². The molecule has 0 unspecified atom stereocenters. The van der Waals surface area contributed by atoms with Crippen molar-refractivity contribution >= 4 is 59.8 Å². The zero-order chi connectivity index (χ0) is 13.3. The quantitative estimate of drug-likeness (QED) is 0.865. The fourth-order valence-corrected chi connectivity index (χ4v) is 3.60. The first-order valence-electron chi connectivity index (χ1n) is 4.43. The smallest absolute Gasteiger partial charge is 0.265 e. The molecule has 96 valence electrons. The standard InChI is InChI=1S/C8H6BrClN4O2S2/c9-6-3-13-8(17-6)14-18(15,16)4-1-5(10)7(11)12-2-4/h1-3H,(H2,11,12)(H,13,14). The van der Waals surface area contributed by atoms with Gasteiger partial charge in [0.15, 0.2) is 5.13 Å². The van der Waals surface area contributed by atoms with Crippen LogP contribution in [-0.4, -0.2) is 18.4 Å². The number of aromatic nitrogens is 2. The van der Waals surface area contributed by atoms with Crippen molar-refractivity contribution in [2.45, 2.75) is 4.90 Å². The second-order valence-corrected chi connectivity index (χ2v) is 7.61. The Hall–Kier alpha value is -0.900. The van der Waals surface area contributed by atoms with Gasteiger partial charge in [-0.15, -0.1) is 0 Å². The summed E-state index contributed by atoms with van der Waals surface area (Å²) in [6.07, 6.45) is 2.63. The van der Waals surface area contributed by atoms with Crippen LogP contribution in [-0.2, 0) is 10.0 Å². The number of nitrogens with one attached hydrogen (secondary N) is 1. The van der Waals surface area contributed by atoms with Crippen molar-refractivity contribution in [2.75, 3.05) is 10.5 Å². The van der Waals surface area contributed by atoms with Gasteiger partial charge in [-0.2, -0.15) is 0 Å². The van der Waals surface area contributed by atoms with Crippen LogP contribution in [0.25, 0.3) is 0 Å². The third-order valence-electron chi connectivity index (χ3n) is 1.85. The zero-order valence-corrected chi connectivity index (χ0v) is 12.6. The first-order chi connectivity index (χ1) is 8.38. The number of halogens is 2. The lowest BCUT2D eigenvalue weighted by molar-refractivity contribution is 0.601. The van der Waals surface area contributed by atoms with Crippen LogP contribution in [0.3, 0.4) is 0 Å². The lowest BCUT2D eigenvalue weighted by Crippen LogP contribution is -2.13. The Labute approximate surface area is 120 Å². The highest BCUT2D eigenvalue weighted by Gasteiger charge is 2.17. The minimum atomic E-state index is -3.76. The van der Waals surface area contributed by atoms with Crippen LogP contribution in [0.1, 0.15) is 0 Å². The van der Waals surface area contributed by atoms with Gasteiger partial charge in [-0.25, -0.2) is 18.4 Å². The van der Waals surface area contributed by atoms with Crippen LogP contribution in [0.4, 0.5) is 10.9 Å². The van der Waals surface area contributed by atoms with Crippen LogP contribution >= 0.6 is 38.9 Å². The first-order valence-corrected chi connectivity index (χ1v) is 7.91. The van der Waals surface area contributed by atoms with E-state index in [0.29, 0.717) is 3.79 Å². The second-order valence-electron chi connectivity index (χ2n) is 3.11. The van der Waals surface area contributed by atoms with E-state index in [1.54, 1.807) is 0 Å². The molecule has 0 atom stereocenters. The van der Waals surface area contributed by atoms with E-state index in [1.165, 1.54) is 12.3 Å². The summed E-state index contributed by atoms with van der Waals surface area (Å²) in [7, 11) is -3.76. The van der Waals surface area contributed by atoms with Crippen molar-refractivity contribution < 1.29 is 8.42 Å². The van der Waals surface area contributed by atoms with E-state index in [-0.39, 0.29) is 20.9 Å². The Bertz CT molecular complexity index is 688. The molecule has 0 aliphatic rings. The Morgan fingerprint density at radius 1 is 1.39 bits per heavy atom. The molecule has 18 heavy (non-hydrogen) atoms. The number of nitrogens with two attached hydrogens (primary N) is 1. The number of anilines is 2. The third-order valence-corrected chi connectivity index (χ3v) is 4.98. The molecule has 10 heteroatoms. The van der Waals surface area contributed by atoms with E-state index in [9.17, 15) is 8.42 Å². The summed E-state index contributed by atoms with van der Waals surface area (Å²) in [4.78, 5) is 7.49. The predicted octanol–water partition coefficient (Wildman–Crippen LogP) is 2.34. The van der Waals surface area contributed by atoms with E-state index < -0.39 is 10.0 Å². The monoisotopic (exact) mass is 368 g/mol. The van der Waals surface area contributed by atoms with E-state index in [2.05, 4.69) is 30.6 Å². The van der Waals surface area contributed by atoms with Crippen LogP contribution in [0, 0.1) is 0 Å². The van der Waals surface area contributed by atoms with Crippen LogP contribution in [0.5, 0.6) is 0 Å². The number of sulfonamides is 1. The largest absolute Gasteiger partial charge is 0.382 e. The lowest BCUT2D eigenvalue weighted by Gasteiger charge is -2.05. The molecule has 0 aliphatic carbocycles. The molecule has 0 fully saturated rings. The molecule has 2 aromatic heterocycles. The third kappa shape index (κ3) is 2.91. The molecule has 2 rings (SSSR count). The molecule has 3 N–H and O–H groups in total. The van der Waals surface area contributed by atoms with Gasteiger partial charge in [-0.1, -0.05) is 22.9 Å². The average molecular weight is 370 g/mol. The minimum absolute atomic E-state index is 0.0759. The number of hydrogen-bond acceptors (Lipinski definition) is 6. The summed E-state index contributed by atoms with van der Waals surface area (Å²) >= 11 is 10.1. The van der Waals surface area contributed by atoms with Gasteiger partial charge < -0.3 is 5.73 Å². The van der Waals surface area contributed by atoms with E-state index >= 15 is 0 Å². The fourth-order valence-electron chi connectivity index (χ4n) is 1.05. The summed E-state index contributed by atoms with van der Waals surface area (Å²) in [6.45, 7) is 0. The zero-order valence-electron chi connectivity index (χ0n) is 8.59. The van der Waals surface area contributed by atoms with Crippen LogP contribution < -0.4 is 10.5 Å². The van der Waals surface area contributed by atoms with Gasteiger partial charge in [-0.3, -0.25) is 4.72 Å². The van der Waals surface area contributed by atoms with Gasteiger partial charge in [0.2, 0.25) is 0 Å². The maximum absolute atomic E-state index is 12.0. The molecule has 0 aliphatic heterocycles. The number of rotatable bonds is 3. The highest BCUT2D eigenvalue weighted by molar-refractivity contribution is 9.11. The molecule has 6 nitrogen and oxygen atoms in total. The van der Waals surface area contributed by atoms with Crippen molar-refractivity contribution in [1.29, 1.82) is 0 Å². The van der Waals surface area contributed by atoms with E-state index in [0.717, 1.165) is 17.5 Å². The number of nitrogens with zero attached hydrogens (tertiary/aromatic N) is 2. The van der Waals surface area contributed by atoms with Gasteiger partial charge >= 0.3 is 0 Å². The Morgan fingerprint density at radius 2 is 2.11 bits per heavy atom. The van der Waals surface area contributed by atoms with Gasteiger partial charge in [0.1, 0.15) is 10.7 Å². The van der Waals surface area contributed by atoms with E-state index in [1.807, 2.05) is 0 Å². The molecule has 0 saturated heterocycles. The number of pyridine rings is 1. The van der Waals surface area contributed by atoms with Crippen molar-refractivity contribution in [3.8, 4) is 0 Å². The van der Waals surface area contributed by atoms with Crippen molar-refractivity contribution in [2.24, 2.45) is 0 Å². The molecule has 0 amide bonds. The normalized spacial score (nSPS) is 11.4. The molecular formula is C8H6BrClN4O2S2.